The molecular weight excluding hydrogens is 248 g/mol. The smallest absolute Gasteiger partial charge is 0.325 e. The first-order chi connectivity index (χ1) is 8.70. The molecule has 0 spiro atoms. The van der Waals surface area contributed by atoms with Gasteiger partial charge in [0.15, 0.2) is 0 Å². The molecule has 19 heavy (non-hydrogen) atoms. The Kier molecular flexibility index (Phi) is 7.11. The van der Waals surface area contributed by atoms with Crippen LogP contribution in [0, 0.1) is 5.41 Å². The average Bonchev–Trinajstić information content (AvgIpc) is 2.31. The van der Waals surface area contributed by atoms with E-state index in [1.54, 1.807) is 6.92 Å². The van der Waals surface area contributed by atoms with Crippen molar-refractivity contribution in [2.75, 3.05) is 6.54 Å². The minimum absolute atomic E-state index is 0.172. The molecule has 2 N–H and O–H groups in total. The number of carbonyl (C=O) groups is 3. The van der Waals surface area contributed by atoms with Gasteiger partial charge in [-0.3, -0.25) is 4.79 Å². The Morgan fingerprint density at radius 2 is 1.89 bits per heavy atom. The molecule has 0 radical (unpaired) electrons. The highest BCUT2D eigenvalue weighted by molar-refractivity contribution is 5.82. The van der Waals surface area contributed by atoms with E-state index in [4.69, 9.17) is 4.74 Å². The maximum atomic E-state index is 11.5. The topological polar surface area (TPSA) is 84.5 Å². The summed E-state index contributed by atoms with van der Waals surface area (Å²) in [5.74, 6) is -0.497. The van der Waals surface area contributed by atoms with Gasteiger partial charge < -0.3 is 20.2 Å². The van der Waals surface area contributed by atoms with Gasteiger partial charge in [0.25, 0.3) is 0 Å². The molecule has 0 aliphatic rings. The van der Waals surface area contributed by atoms with Crippen molar-refractivity contribution < 1.29 is 19.1 Å². The second-order valence-electron chi connectivity index (χ2n) is 5.52. The molecule has 110 valence electrons. The third-order valence-electron chi connectivity index (χ3n) is 2.66. The normalized spacial score (nSPS) is 14.2. The van der Waals surface area contributed by atoms with Crippen LogP contribution in [0.25, 0.3) is 0 Å². The summed E-state index contributed by atoms with van der Waals surface area (Å²) in [6, 6.07) is -1.17. The molecule has 6 heteroatoms. The molecule has 0 fully saturated rings. The van der Waals surface area contributed by atoms with E-state index in [1.165, 1.54) is 0 Å². The Labute approximate surface area is 114 Å². The van der Waals surface area contributed by atoms with Crippen molar-refractivity contribution in [2.24, 2.45) is 5.41 Å². The fourth-order valence-corrected chi connectivity index (χ4v) is 1.15. The van der Waals surface area contributed by atoms with Gasteiger partial charge in [-0.15, -0.1) is 0 Å². The van der Waals surface area contributed by atoms with Crippen LogP contribution in [0.15, 0.2) is 0 Å². The lowest BCUT2D eigenvalue weighted by Crippen LogP contribution is -2.50. The number of nitrogens with one attached hydrogen (secondary N) is 2. The average molecular weight is 272 g/mol. The number of aldehydes is 1. The first-order valence-corrected chi connectivity index (χ1v) is 6.39. The van der Waals surface area contributed by atoms with Crippen molar-refractivity contribution in [2.45, 2.75) is 53.2 Å². The highest BCUT2D eigenvalue weighted by atomic mass is 16.5. The van der Waals surface area contributed by atoms with E-state index in [-0.39, 0.29) is 18.1 Å². The van der Waals surface area contributed by atoms with Crippen LogP contribution >= 0.6 is 0 Å². The van der Waals surface area contributed by atoms with E-state index < -0.39 is 18.0 Å². The summed E-state index contributed by atoms with van der Waals surface area (Å²) in [6.45, 7) is 8.97. The lowest BCUT2D eigenvalue weighted by molar-refractivity contribution is -0.146. The van der Waals surface area contributed by atoms with Gasteiger partial charge in [-0.2, -0.15) is 0 Å². The molecule has 0 aromatic heterocycles. The molecule has 0 saturated heterocycles. The Hall–Kier alpha value is -1.59. The standard InChI is InChI=1S/C13H24N2O4/c1-6-9(2)19-11(17)7-14-12(18)15-10(8-16)13(3,4)5/h8-10H,6-7H2,1-5H3,(H2,14,15,18). The molecule has 2 amide bonds. The number of urea groups is 1. The monoisotopic (exact) mass is 272 g/mol. The van der Waals surface area contributed by atoms with E-state index in [9.17, 15) is 14.4 Å². The van der Waals surface area contributed by atoms with Crippen LogP contribution in [0.5, 0.6) is 0 Å². The predicted molar refractivity (Wildman–Crippen MR) is 71.7 cm³/mol. The van der Waals surface area contributed by atoms with Gasteiger partial charge in [-0.05, 0) is 18.8 Å². The summed E-state index contributed by atoms with van der Waals surface area (Å²) in [6.07, 6.45) is 1.22. The molecule has 0 heterocycles. The molecule has 0 aliphatic heterocycles. The van der Waals surface area contributed by atoms with Crippen molar-refractivity contribution in [3.63, 3.8) is 0 Å². The van der Waals surface area contributed by atoms with E-state index in [2.05, 4.69) is 10.6 Å². The Morgan fingerprint density at radius 3 is 2.32 bits per heavy atom. The summed E-state index contributed by atoms with van der Waals surface area (Å²) in [5.41, 5.74) is -0.379. The molecule has 0 aliphatic carbocycles. The molecule has 0 rings (SSSR count). The summed E-state index contributed by atoms with van der Waals surface area (Å²) < 4.78 is 5.00. The van der Waals surface area contributed by atoms with Crippen molar-refractivity contribution in [3.8, 4) is 0 Å². The predicted octanol–water partition coefficient (Wildman–Crippen LogP) is 1.24. The van der Waals surface area contributed by atoms with Gasteiger partial charge in [-0.25, -0.2) is 4.79 Å². The van der Waals surface area contributed by atoms with Gasteiger partial charge in [0.2, 0.25) is 0 Å². The lowest BCUT2D eigenvalue weighted by Gasteiger charge is -2.26. The number of ether oxygens (including phenoxy) is 1. The number of carbonyl (C=O) groups excluding carboxylic acids is 3. The molecule has 0 bridgehead atoms. The number of hydrogen-bond donors (Lipinski definition) is 2. The third kappa shape index (κ3) is 7.43. The van der Waals surface area contributed by atoms with Crippen LogP contribution in [0.3, 0.4) is 0 Å². The Morgan fingerprint density at radius 1 is 1.32 bits per heavy atom. The second-order valence-corrected chi connectivity index (χ2v) is 5.52. The largest absolute Gasteiger partial charge is 0.461 e. The Balaban J connectivity index is 4.12. The van der Waals surface area contributed by atoms with Gasteiger partial charge >= 0.3 is 12.0 Å². The molecule has 6 nitrogen and oxygen atoms in total. The zero-order valence-electron chi connectivity index (χ0n) is 12.3. The highest BCUT2D eigenvalue weighted by Crippen LogP contribution is 2.17. The van der Waals surface area contributed by atoms with E-state index in [0.29, 0.717) is 6.29 Å². The van der Waals surface area contributed by atoms with Gasteiger partial charge in [0.1, 0.15) is 12.8 Å². The van der Waals surface area contributed by atoms with Gasteiger partial charge in [0.05, 0.1) is 12.1 Å². The van der Waals surface area contributed by atoms with Crippen LogP contribution in [-0.4, -0.2) is 37.0 Å². The maximum Gasteiger partial charge on any atom is 0.325 e. The number of amides is 2. The number of hydrogen-bond acceptors (Lipinski definition) is 4. The van der Waals surface area contributed by atoms with Crippen LogP contribution in [0.4, 0.5) is 4.79 Å². The van der Waals surface area contributed by atoms with Crippen LogP contribution in [0.2, 0.25) is 0 Å². The van der Waals surface area contributed by atoms with Crippen LogP contribution in [0.1, 0.15) is 41.0 Å². The Bertz CT molecular complexity index is 323. The van der Waals surface area contributed by atoms with Gasteiger partial charge in [0, 0.05) is 0 Å². The zero-order chi connectivity index (χ0) is 15.1. The first kappa shape index (κ1) is 17.4. The SMILES string of the molecule is CCC(C)OC(=O)CNC(=O)NC(C=O)C(C)(C)C. The minimum atomic E-state index is -0.613. The van der Waals surface area contributed by atoms with E-state index in [0.717, 1.165) is 6.42 Å². The molecule has 0 aromatic carbocycles. The number of rotatable bonds is 6. The molecule has 0 aromatic rings. The fourth-order valence-electron chi connectivity index (χ4n) is 1.15. The van der Waals surface area contributed by atoms with Crippen molar-refractivity contribution in [1.29, 1.82) is 0 Å². The van der Waals surface area contributed by atoms with Crippen LogP contribution < -0.4 is 10.6 Å². The maximum absolute atomic E-state index is 11.5. The summed E-state index contributed by atoms with van der Waals surface area (Å²) in [4.78, 5) is 33.7. The quantitative estimate of drug-likeness (QED) is 0.563. The second kappa shape index (κ2) is 7.76. The molecular formula is C13H24N2O4. The van der Waals surface area contributed by atoms with Crippen molar-refractivity contribution >= 4 is 18.3 Å². The van der Waals surface area contributed by atoms with E-state index in [1.807, 2.05) is 27.7 Å². The van der Waals surface area contributed by atoms with Crippen molar-refractivity contribution in [3.05, 3.63) is 0 Å². The number of esters is 1. The van der Waals surface area contributed by atoms with Crippen LogP contribution in [-0.2, 0) is 14.3 Å². The molecule has 2 atom stereocenters. The molecule has 2 unspecified atom stereocenters. The van der Waals surface area contributed by atoms with E-state index >= 15 is 0 Å². The zero-order valence-corrected chi connectivity index (χ0v) is 12.3. The summed E-state index contributed by atoms with van der Waals surface area (Å²) in [5, 5.41) is 4.87. The third-order valence-corrected chi connectivity index (χ3v) is 2.66. The fraction of sp³-hybridized carbons (Fsp3) is 0.769. The lowest BCUT2D eigenvalue weighted by atomic mass is 9.88. The van der Waals surface area contributed by atoms with Crippen molar-refractivity contribution in [1.82, 2.24) is 10.6 Å². The highest BCUT2D eigenvalue weighted by Gasteiger charge is 2.25. The molecule has 0 saturated carbocycles. The van der Waals surface area contributed by atoms with Gasteiger partial charge in [-0.1, -0.05) is 27.7 Å². The first-order valence-electron chi connectivity index (χ1n) is 6.39. The summed E-state index contributed by atoms with van der Waals surface area (Å²) in [7, 11) is 0. The minimum Gasteiger partial charge on any atom is -0.461 e. The summed E-state index contributed by atoms with van der Waals surface area (Å²) >= 11 is 0.